The van der Waals surface area contributed by atoms with E-state index in [1.54, 1.807) is 0 Å². The fraction of sp³-hybridized carbons (Fsp3) is 0.600. The second-order valence-corrected chi connectivity index (χ2v) is 5.70. The van der Waals surface area contributed by atoms with Crippen molar-refractivity contribution >= 4 is 0 Å². The average Bonchev–Trinajstić information content (AvgIpc) is 2.77. The zero-order chi connectivity index (χ0) is 13.2. The SMILES string of the molecule is CNC(COC(C)(C)C)c1cccc2c1OCC2. The van der Waals surface area contributed by atoms with Gasteiger partial charge < -0.3 is 14.8 Å². The highest BCUT2D eigenvalue weighted by molar-refractivity contribution is 5.45. The van der Waals surface area contributed by atoms with E-state index in [9.17, 15) is 0 Å². The maximum Gasteiger partial charge on any atom is 0.127 e. The van der Waals surface area contributed by atoms with Crippen molar-refractivity contribution in [2.75, 3.05) is 20.3 Å². The van der Waals surface area contributed by atoms with Crippen molar-refractivity contribution in [2.24, 2.45) is 0 Å². The molecule has 3 heteroatoms. The van der Waals surface area contributed by atoms with Crippen LogP contribution in [0, 0.1) is 0 Å². The Kier molecular flexibility index (Phi) is 3.93. The quantitative estimate of drug-likeness (QED) is 0.890. The topological polar surface area (TPSA) is 30.5 Å². The number of nitrogens with one attached hydrogen (secondary N) is 1. The van der Waals surface area contributed by atoms with Gasteiger partial charge in [0.25, 0.3) is 0 Å². The highest BCUT2D eigenvalue weighted by Crippen LogP contribution is 2.33. The van der Waals surface area contributed by atoms with Gasteiger partial charge in [0.1, 0.15) is 5.75 Å². The largest absolute Gasteiger partial charge is 0.493 e. The number of ether oxygens (including phenoxy) is 2. The van der Waals surface area contributed by atoms with E-state index in [1.165, 1.54) is 11.1 Å². The first-order valence-electron chi connectivity index (χ1n) is 6.57. The molecule has 0 amide bonds. The van der Waals surface area contributed by atoms with Crippen LogP contribution in [0.4, 0.5) is 0 Å². The molecule has 0 radical (unpaired) electrons. The monoisotopic (exact) mass is 249 g/mol. The molecule has 2 rings (SSSR count). The third-order valence-corrected chi connectivity index (χ3v) is 3.15. The summed E-state index contributed by atoms with van der Waals surface area (Å²) < 4.78 is 11.6. The molecule has 1 aromatic carbocycles. The Hall–Kier alpha value is -1.06. The Morgan fingerprint density at radius 2 is 2.17 bits per heavy atom. The number of hydrogen-bond acceptors (Lipinski definition) is 3. The Morgan fingerprint density at radius 1 is 1.39 bits per heavy atom. The Balaban J connectivity index is 2.15. The first-order valence-corrected chi connectivity index (χ1v) is 6.57. The van der Waals surface area contributed by atoms with Gasteiger partial charge in [-0.2, -0.15) is 0 Å². The van der Waals surface area contributed by atoms with Gasteiger partial charge in [0.15, 0.2) is 0 Å². The minimum atomic E-state index is -0.117. The van der Waals surface area contributed by atoms with Gasteiger partial charge in [-0.05, 0) is 33.4 Å². The molecule has 0 aliphatic carbocycles. The maximum atomic E-state index is 5.88. The van der Waals surface area contributed by atoms with Crippen molar-refractivity contribution < 1.29 is 9.47 Å². The van der Waals surface area contributed by atoms with Gasteiger partial charge in [-0.1, -0.05) is 18.2 Å². The number of para-hydroxylation sites is 1. The predicted octanol–water partition coefficient (Wildman–Crippen LogP) is 2.70. The predicted molar refractivity (Wildman–Crippen MR) is 73.1 cm³/mol. The molecule has 3 nitrogen and oxygen atoms in total. The average molecular weight is 249 g/mol. The van der Waals surface area contributed by atoms with E-state index in [1.807, 2.05) is 7.05 Å². The summed E-state index contributed by atoms with van der Waals surface area (Å²) in [6.07, 6.45) is 1.01. The van der Waals surface area contributed by atoms with Gasteiger partial charge >= 0.3 is 0 Å². The van der Waals surface area contributed by atoms with Crippen LogP contribution >= 0.6 is 0 Å². The van der Waals surface area contributed by atoms with Crippen LogP contribution in [-0.4, -0.2) is 25.9 Å². The lowest BCUT2D eigenvalue weighted by Gasteiger charge is -2.25. The van der Waals surface area contributed by atoms with E-state index >= 15 is 0 Å². The van der Waals surface area contributed by atoms with Crippen molar-refractivity contribution in [3.63, 3.8) is 0 Å². The van der Waals surface area contributed by atoms with E-state index in [-0.39, 0.29) is 11.6 Å². The summed E-state index contributed by atoms with van der Waals surface area (Å²) >= 11 is 0. The Bertz CT molecular complexity index is 409. The standard InChI is InChI=1S/C15H23NO2/c1-15(2,3)18-10-13(16-4)12-7-5-6-11-8-9-17-14(11)12/h5-7,13,16H,8-10H2,1-4H3. The molecule has 0 saturated heterocycles. The lowest BCUT2D eigenvalue weighted by atomic mass is 10.0. The number of rotatable bonds is 4. The molecule has 0 saturated carbocycles. The van der Waals surface area contributed by atoms with Crippen LogP contribution in [0.2, 0.25) is 0 Å². The van der Waals surface area contributed by atoms with E-state index < -0.39 is 0 Å². The zero-order valence-electron chi connectivity index (χ0n) is 11.7. The highest BCUT2D eigenvalue weighted by atomic mass is 16.5. The van der Waals surface area contributed by atoms with Gasteiger partial charge in [-0.25, -0.2) is 0 Å². The molecule has 100 valence electrons. The molecule has 0 bridgehead atoms. The second-order valence-electron chi connectivity index (χ2n) is 5.70. The van der Waals surface area contributed by atoms with E-state index in [0.717, 1.165) is 18.8 Å². The van der Waals surface area contributed by atoms with Crippen LogP contribution in [0.15, 0.2) is 18.2 Å². The van der Waals surface area contributed by atoms with Gasteiger partial charge in [0, 0.05) is 12.0 Å². The molecule has 0 spiro atoms. The molecule has 1 N–H and O–H groups in total. The van der Waals surface area contributed by atoms with Crippen molar-refractivity contribution in [3.05, 3.63) is 29.3 Å². The third-order valence-electron chi connectivity index (χ3n) is 3.15. The number of fused-ring (bicyclic) bond motifs is 1. The summed E-state index contributed by atoms with van der Waals surface area (Å²) in [4.78, 5) is 0. The summed E-state index contributed by atoms with van der Waals surface area (Å²) in [5.41, 5.74) is 2.40. The van der Waals surface area contributed by atoms with Gasteiger partial charge in [0.05, 0.1) is 24.9 Å². The van der Waals surface area contributed by atoms with Crippen molar-refractivity contribution in [1.82, 2.24) is 5.32 Å². The molecule has 1 aliphatic rings. The summed E-state index contributed by atoms with van der Waals surface area (Å²) in [5, 5.41) is 3.32. The molecule has 1 aliphatic heterocycles. The molecule has 1 heterocycles. The van der Waals surface area contributed by atoms with E-state index in [4.69, 9.17) is 9.47 Å². The molecule has 0 fully saturated rings. The number of hydrogen-bond donors (Lipinski definition) is 1. The molecule has 1 aromatic rings. The van der Waals surface area contributed by atoms with Crippen LogP contribution in [0.5, 0.6) is 5.75 Å². The van der Waals surface area contributed by atoms with Gasteiger partial charge in [-0.3, -0.25) is 0 Å². The first-order chi connectivity index (χ1) is 8.51. The molecule has 1 unspecified atom stereocenters. The normalized spacial score (nSPS) is 16.2. The Labute approximate surface area is 109 Å². The summed E-state index contributed by atoms with van der Waals surface area (Å²) in [5.74, 6) is 1.05. The maximum absolute atomic E-state index is 5.88. The Morgan fingerprint density at radius 3 is 2.83 bits per heavy atom. The first kappa shape index (κ1) is 13.4. The van der Waals surface area contributed by atoms with Crippen molar-refractivity contribution in [3.8, 4) is 5.75 Å². The highest BCUT2D eigenvalue weighted by Gasteiger charge is 2.22. The fourth-order valence-electron chi connectivity index (χ4n) is 2.18. The van der Waals surface area contributed by atoms with E-state index in [0.29, 0.717) is 6.61 Å². The van der Waals surface area contributed by atoms with Gasteiger partial charge in [-0.15, -0.1) is 0 Å². The van der Waals surface area contributed by atoms with Gasteiger partial charge in [0.2, 0.25) is 0 Å². The fourth-order valence-corrected chi connectivity index (χ4v) is 2.18. The van der Waals surface area contributed by atoms with Crippen LogP contribution in [-0.2, 0) is 11.2 Å². The van der Waals surface area contributed by atoms with Crippen molar-refractivity contribution in [2.45, 2.75) is 38.8 Å². The minimum Gasteiger partial charge on any atom is -0.493 e. The van der Waals surface area contributed by atoms with Crippen molar-refractivity contribution in [1.29, 1.82) is 0 Å². The number of benzene rings is 1. The summed E-state index contributed by atoms with van der Waals surface area (Å²) in [6.45, 7) is 7.67. The number of likely N-dealkylation sites (N-methyl/N-ethyl adjacent to an activating group) is 1. The lowest BCUT2D eigenvalue weighted by Crippen LogP contribution is -2.28. The van der Waals surface area contributed by atoms with E-state index in [2.05, 4.69) is 44.3 Å². The molecule has 1 atom stereocenters. The molecule has 18 heavy (non-hydrogen) atoms. The van der Waals surface area contributed by atoms with Crippen LogP contribution in [0.25, 0.3) is 0 Å². The second kappa shape index (κ2) is 5.29. The molecular weight excluding hydrogens is 226 g/mol. The smallest absolute Gasteiger partial charge is 0.127 e. The molecular formula is C15H23NO2. The summed E-state index contributed by atoms with van der Waals surface area (Å²) in [7, 11) is 1.96. The van der Waals surface area contributed by atoms with Crippen LogP contribution in [0.1, 0.15) is 37.9 Å². The van der Waals surface area contributed by atoms with Crippen LogP contribution in [0.3, 0.4) is 0 Å². The summed E-state index contributed by atoms with van der Waals surface area (Å²) in [6, 6.07) is 6.54. The molecule has 0 aromatic heterocycles. The minimum absolute atomic E-state index is 0.117. The zero-order valence-corrected chi connectivity index (χ0v) is 11.7. The lowest BCUT2D eigenvalue weighted by molar-refractivity contribution is -0.0141. The third kappa shape index (κ3) is 3.03. The van der Waals surface area contributed by atoms with Crippen LogP contribution < -0.4 is 10.1 Å².